The molecule has 3 N–H and O–H groups in total. The summed E-state index contributed by atoms with van der Waals surface area (Å²) >= 11 is 0. The van der Waals surface area contributed by atoms with Crippen molar-refractivity contribution in [2.45, 2.75) is 286 Å². The van der Waals surface area contributed by atoms with Crippen molar-refractivity contribution in [2.24, 2.45) is 27.6 Å². The lowest BCUT2D eigenvalue weighted by Crippen LogP contribution is -2.46. The zero-order chi connectivity index (χ0) is 83.0. The minimum atomic E-state index is -0.723. The number of carboxylic acid groups (broad SMARTS) is 2. The Morgan fingerprint density at radius 2 is 0.752 bits per heavy atom. The maximum absolute atomic E-state index is 13.2. The van der Waals surface area contributed by atoms with Crippen LogP contribution in [0.15, 0.2) is 121 Å². The van der Waals surface area contributed by atoms with Crippen molar-refractivity contribution in [2.75, 3.05) is 79.7 Å². The van der Waals surface area contributed by atoms with Crippen LogP contribution in [0.4, 0.5) is 14.4 Å². The Morgan fingerprint density at radius 1 is 0.427 bits per heavy atom. The first-order valence-electron chi connectivity index (χ1n) is 43.5. The fourth-order valence-corrected chi connectivity index (χ4v) is 18.3. The molecule has 12 aliphatic rings. The van der Waals surface area contributed by atoms with Crippen LogP contribution < -0.4 is 5.32 Å². The number of ether oxygens (including phenoxy) is 5. The van der Waals surface area contributed by atoms with Gasteiger partial charge in [0.2, 0.25) is 0 Å². The Balaban J connectivity index is 0.000000148. The number of halogens is 1. The molecule has 4 aromatic rings. The average molecular weight is 1640 g/mol. The van der Waals surface area contributed by atoms with Crippen LogP contribution in [0, 0.1) is 27.6 Å². The number of carboxylic acids is 2. The van der Waals surface area contributed by atoms with Crippen molar-refractivity contribution in [3.8, 4) is 0 Å². The van der Waals surface area contributed by atoms with Crippen molar-refractivity contribution in [3.05, 3.63) is 144 Å². The van der Waals surface area contributed by atoms with Gasteiger partial charge in [-0.2, -0.15) is 0 Å². The number of hydrogen-bond acceptors (Lipinski definition) is 17. The van der Waals surface area contributed by atoms with Gasteiger partial charge < -0.3 is 58.7 Å². The highest BCUT2D eigenvalue weighted by molar-refractivity contribution is 5.85. The van der Waals surface area contributed by atoms with Gasteiger partial charge in [0.25, 0.3) is 0 Å². The van der Waals surface area contributed by atoms with E-state index in [-0.39, 0.29) is 101 Å². The van der Waals surface area contributed by atoms with Crippen molar-refractivity contribution in [3.63, 3.8) is 0 Å². The molecule has 4 aromatic carbocycles. The maximum Gasteiger partial charge on any atom is 0.410 e. The van der Waals surface area contributed by atoms with E-state index in [9.17, 15) is 48.6 Å². The maximum atomic E-state index is 13.2. The van der Waals surface area contributed by atoms with E-state index < -0.39 is 28.7 Å². The number of nitrogens with zero attached hydrogens (tertiary/aromatic N) is 6. The second-order valence-corrected chi connectivity index (χ2v) is 39.1. The van der Waals surface area contributed by atoms with Crippen molar-refractivity contribution in [1.82, 2.24) is 34.7 Å². The molecule has 9 saturated carbocycles. The zero-order valence-electron chi connectivity index (χ0n) is 71.5. The third-order valence-corrected chi connectivity index (χ3v) is 25.9. The summed E-state index contributed by atoms with van der Waals surface area (Å²) in [5.41, 5.74) is 3.73. The van der Waals surface area contributed by atoms with E-state index in [1.165, 1.54) is 68.6 Å². The van der Waals surface area contributed by atoms with Gasteiger partial charge >= 0.3 is 42.2 Å². The van der Waals surface area contributed by atoms with Gasteiger partial charge in [-0.3, -0.25) is 33.9 Å². The molecule has 0 radical (unpaired) electrons. The summed E-state index contributed by atoms with van der Waals surface area (Å²) in [6, 6.07) is 42.2. The smallest absolute Gasteiger partial charge is 0.410 e. The highest BCUT2D eigenvalue weighted by Crippen LogP contribution is 2.56. The zero-order valence-corrected chi connectivity index (χ0v) is 72.3. The number of benzene rings is 4. The third kappa shape index (κ3) is 25.5. The van der Waals surface area contributed by atoms with Gasteiger partial charge in [-0.25, -0.2) is 14.4 Å². The fraction of sp³-hybridized carbons (Fsp3) is 0.660. The van der Waals surface area contributed by atoms with Crippen molar-refractivity contribution < 1.29 is 72.3 Å². The van der Waals surface area contributed by atoms with Crippen LogP contribution in [-0.2, 0) is 47.7 Å². The summed E-state index contributed by atoms with van der Waals surface area (Å²) in [5, 5.41) is 22.6. The lowest BCUT2D eigenvalue weighted by Gasteiger charge is -2.33. The van der Waals surface area contributed by atoms with Gasteiger partial charge in [-0.15, -0.1) is 12.4 Å². The molecule has 16 rings (SSSR count). The van der Waals surface area contributed by atoms with E-state index >= 15 is 0 Å². The quantitative estimate of drug-likeness (QED) is 0.0285. The van der Waals surface area contributed by atoms with Gasteiger partial charge in [-0.1, -0.05) is 134 Å². The van der Waals surface area contributed by atoms with E-state index in [1.54, 1.807) is 4.90 Å². The second-order valence-electron chi connectivity index (χ2n) is 39.1. The molecule has 12 fully saturated rings. The van der Waals surface area contributed by atoms with Gasteiger partial charge in [0.05, 0.1) is 20.1 Å². The molecule has 0 bridgehead atoms. The molecule has 11 atom stereocenters. The molecule has 3 aliphatic heterocycles. The van der Waals surface area contributed by atoms with Crippen LogP contribution in [-0.4, -0.2) is 227 Å². The van der Waals surface area contributed by atoms with Crippen LogP contribution in [0.1, 0.15) is 249 Å². The Kier molecular flexibility index (Phi) is 29.6. The van der Waals surface area contributed by atoms with Gasteiger partial charge in [0.1, 0.15) is 41.2 Å². The number of carbonyl (C=O) groups is 8. The number of amides is 3. The summed E-state index contributed by atoms with van der Waals surface area (Å²) in [6.45, 7) is 25.2. The molecule has 3 amide bonds. The largest absolute Gasteiger partial charge is 0.480 e. The average Bonchev–Trinajstić information content (AvgIpc) is 1.60. The van der Waals surface area contributed by atoms with Crippen LogP contribution in [0.2, 0.25) is 0 Å². The number of esters is 2. The molecule has 642 valence electrons. The normalized spacial score (nSPS) is 26.8. The van der Waals surface area contributed by atoms with Gasteiger partial charge in [-0.05, 0) is 238 Å². The predicted octanol–water partition coefficient (Wildman–Crippen LogP) is 16.3. The number of rotatable bonds is 27. The van der Waals surface area contributed by atoms with Crippen LogP contribution in [0.3, 0.4) is 0 Å². The van der Waals surface area contributed by atoms with Crippen LogP contribution in [0.25, 0.3) is 0 Å². The Hall–Kier alpha value is -7.63. The summed E-state index contributed by atoms with van der Waals surface area (Å²) < 4.78 is 26.8. The molecule has 3 saturated heterocycles. The highest BCUT2D eigenvalue weighted by atomic mass is 35.5. The Bertz CT molecular complexity index is 3960. The fourth-order valence-electron chi connectivity index (χ4n) is 18.3. The highest BCUT2D eigenvalue weighted by Gasteiger charge is 2.57. The number of nitrogens with one attached hydrogen (secondary N) is 1. The molecule has 0 spiro atoms. The summed E-state index contributed by atoms with van der Waals surface area (Å²) in [7, 11) is 2.92. The van der Waals surface area contributed by atoms with Crippen molar-refractivity contribution >= 4 is 60.9 Å². The Morgan fingerprint density at radius 3 is 1.07 bits per heavy atom. The predicted molar refractivity (Wildman–Crippen MR) is 452 cm³/mol. The minimum Gasteiger partial charge on any atom is -0.480 e. The number of aliphatic carboxylic acids is 2. The van der Waals surface area contributed by atoms with Gasteiger partial charge in [0, 0.05) is 110 Å². The van der Waals surface area contributed by atoms with E-state index in [0.717, 1.165) is 161 Å². The molecule has 117 heavy (non-hydrogen) atoms. The number of methoxy groups -OCH3 is 2. The molecule has 0 aromatic heterocycles. The van der Waals surface area contributed by atoms with Gasteiger partial charge in [0.15, 0.2) is 0 Å². The SMILES string of the molecule is CC(C)(C)OC(=O)N(CC1(C=O)CC1)[C@H]1CC1c1ccccc1.CC(C)(C)OC(=O)N(CC1(CN2CCC[C@H]2C(=O)O)CC1)[C@H]1CC1c1ccccc1.COC(=O)C1CCCC1.COC(=O)[C@@H]1CCCN1CC1(CN(C(=O)OC(C)(C)C)[C@H]2CC2c2ccccc2)CC1.Cl.O=C(O)[C@@H]1CCCN1CC1(CN[C@H]2CC2c2ccccc2)CC1. The third-order valence-electron chi connectivity index (χ3n) is 25.9. The van der Waals surface area contributed by atoms with Crippen LogP contribution >= 0.6 is 12.4 Å². The van der Waals surface area contributed by atoms with E-state index in [0.29, 0.717) is 54.8 Å². The standard InChI is InChI=1S/C25H36N2O4.C24H34N2O4.C19H26N2O2.C19H25NO3.C7H12O2.ClH/c1-24(2,3)31-23(29)27(21-15-19(21)18-9-6-5-7-10-18)17-25(12-13-25)16-26-14-8-11-20(26)22(28)30-4;1-23(2,3)30-22(29)26(20-14-18(20)17-8-5-4-6-9-17)16-24(11-12-24)15-25-13-7-10-19(25)21(27)28;22-18(23)17-7-4-10-21(17)13-19(8-9-19)12-20-16-11-15(16)14-5-2-1-3-6-14;1-18(2,3)23-17(22)20(12-19(13-21)9-10-19)16-11-15(16)14-7-5-4-6-8-14;1-9-7(8)6-4-2-3-5-6;/h5-7,9-10,19-21H,8,11-17H2,1-4H3;4-6,8-9,18-20H,7,10-16H2,1-3H3,(H,27,28);1-3,5-6,15-17,20H,4,7-13H2,(H,22,23);4-8,13,15-16H,9-12H2,1-3H3;6H,2-5H2,1H3;1H/t19?,20-,21-;18?,19-,20-;15?,16-,17-;15?,16-;;/m0000../s1. The molecular weight excluding hydrogens is 1500 g/mol. The summed E-state index contributed by atoms with van der Waals surface area (Å²) in [5.74, 6) is 0.450. The topological polar surface area (TPSA) is 255 Å². The van der Waals surface area contributed by atoms with E-state index in [2.05, 4.69) is 104 Å². The molecule has 3 heterocycles. The minimum absolute atomic E-state index is 0. The first-order chi connectivity index (χ1) is 55.2. The molecule has 9 aliphatic carbocycles. The second kappa shape index (κ2) is 38.4. The van der Waals surface area contributed by atoms with E-state index in [4.69, 9.17) is 18.9 Å². The summed E-state index contributed by atoms with van der Waals surface area (Å²) in [6.07, 6.45) is 22.7. The first-order valence-corrected chi connectivity index (χ1v) is 43.5. The van der Waals surface area contributed by atoms with E-state index in [1.807, 2.05) is 115 Å². The summed E-state index contributed by atoms with van der Waals surface area (Å²) in [4.78, 5) is 109. The molecular formula is C94H134ClN7O15. The molecule has 23 heteroatoms. The molecule has 4 unspecified atom stereocenters. The molecule has 22 nitrogen and oxygen atoms in total. The first kappa shape index (κ1) is 90.1. The Labute approximate surface area is 701 Å². The number of hydrogen-bond donors (Lipinski definition) is 3. The van der Waals surface area contributed by atoms with Crippen LogP contribution in [0.5, 0.6) is 0 Å². The number of aldehydes is 1. The number of likely N-dealkylation sites (tertiary alicyclic amines) is 3. The lowest BCUT2D eigenvalue weighted by molar-refractivity contribution is -0.146. The lowest BCUT2D eigenvalue weighted by atomic mass is 10.0. The number of carbonyl (C=O) groups excluding carboxylic acids is 6. The monoisotopic (exact) mass is 1640 g/mol. The van der Waals surface area contributed by atoms with Crippen molar-refractivity contribution in [1.29, 1.82) is 0 Å².